The van der Waals surface area contributed by atoms with Crippen molar-refractivity contribution in [3.8, 4) is 6.07 Å². The Balaban J connectivity index is 4.56. The Labute approximate surface area is 144 Å². The van der Waals surface area contributed by atoms with Gasteiger partial charge in [0.25, 0.3) is 0 Å². The Morgan fingerprint density at radius 1 is 0.826 bits per heavy atom. The monoisotopic (exact) mass is 344 g/mol. The maximum Gasteiger partial charge on any atom is 0.230 e. The molecular weight excluding hydrogens is 308 g/mol. The second-order valence-electron chi connectivity index (χ2n) is 6.30. The minimum atomic E-state index is -3.48. The minimum Gasteiger partial charge on any atom is -0.211 e. The van der Waals surface area contributed by atoms with Gasteiger partial charge in [-0.15, -0.1) is 0 Å². The van der Waals surface area contributed by atoms with E-state index in [9.17, 15) is 8.42 Å². The fraction of sp³-hybridized carbons (Fsp3) is 0.944. The van der Waals surface area contributed by atoms with E-state index in [-0.39, 0.29) is 0 Å². The number of nitriles is 1. The molecule has 0 saturated carbocycles. The molecule has 0 saturated heterocycles. The highest BCUT2D eigenvalue weighted by atomic mass is 32.2. The molecule has 23 heavy (non-hydrogen) atoms. The van der Waals surface area contributed by atoms with Crippen LogP contribution in [0.2, 0.25) is 0 Å². The first-order valence-electron chi connectivity index (χ1n) is 9.43. The molecular formula is C18H36N2O2S. The van der Waals surface area contributed by atoms with Crippen LogP contribution >= 0.6 is 0 Å². The topological polar surface area (TPSA) is 61.2 Å². The van der Waals surface area contributed by atoms with Crippen LogP contribution in [0.25, 0.3) is 0 Å². The molecule has 0 aromatic rings. The van der Waals surface area contributed by atoms with E-state index in [2.05, 4.69) is 13.8 Å². The van der Waals surface area contributed by atoms with Gasteiger partial charge >= 0.3 is 0 Å². The summed E-state index contributed by atoms with van der Waals surface area (Å²) in [4.78, 5) is 0. The Bertz CT molecular complexity index is 401. The van der Waals surface area contributed by atoms with Gasteiger partial charge in [-0.05, 0) is 19.3 Å². The first-order valence-corrected chi connectivity index (χ1v) is 10.9. The average molecular weight is 345 g/mol. The van der Waals surface area contributed by atoms with Crippen LogP contribution in [0.3, 0.4) is 0 Å². The van der Waals surface area contributed by atoms with Crippen molar-refractivity contribution in [2.75, 3.05) is 13.1 Å². The minimum absolute atomic E-state index is 0.362. The third kappa shape index (κ3) is 9.32. The lowest BCUT2D eigenvalue weighted by Crippen LogP contribution is -2.39. The van der Waals surface area contributed by atoms with Crippen LogP contribution in [-0.4, -0.2) is 31.1 Å². The second-order valence-corrected chi connectivity index (χ2v) is 8.41. The van der Waals surface area contributed by atoms with E-state index >= 15 is 0 Å². The highest BCUT2D eigenvalue weighted by molar-refractivity contribution is 7.90. The third-order valence-electron chi connectivity index (χ3n) is 4.26. The zero-order valence-corrected chi connectivity index (χ0v) is 16.2. The van der Waals surface area contributed by atoms with Gasteiger partial charge < -0.3 is 0 Å². The Kier molecular flexibility index (Phi) is 13.4. The lowest BCUT2D eigenvalue weighted by Gasteiger charge is -2.24. The Hall–Kier alpha value is -0.600. The summed E-state index contributed by atoms with van der Waals surface area (Å²) >= 11 is 0. The molecule has 0 amide bonds. The molecule has 1 unspecified atom stereocenters. The first-order chi connectivity index (χ1) is 11.0. The number of rotatable bonds is 15. The SMILES string of the molecule is CCCCCCCN(CCCCCCC)S(=O)(=O)C(C#N)CC. The molecule has 0 aliphatic carbocycles. The van der Waals surface area contributed by atoms with Crippen molar-refractivity contribution in [3.05, 3.63) is 0 Å². The van der Waals surface area contributed by atoms with Crippen LogP contribution < -0.4 is 0 Å². The van der Waals surface area contributed by atoms with Crippen molar-refractivity contribution < 1.29 is 8.42 Å². The molecule has 0 aliphatic heterocycles. The van der Waals surface area contributed by atoms with Crippen LogP contribution in [0.5, 0.6) is 0 Å². The zero-order chi connectivity index (χ0) is 17.6. The third-order valence-corrected chi connectivity index (χ3v) is 6.50. The van der Waals surface area contributed by atoms with Crippen LogP contribution in [0.4, 0.5) is 0 Å². The van der Waals surface area contributed by atoms with Gasteiger partial charge in [-0.3, -0.25) is 0 Å². The zero-order valence-electron chi connectivity index (χ0n) is 15.4. The van der Waals surface area contributed by atoms with E-state index in [1.807, 2.05) is 6.07 Å². The largest absolute Gasteiger partial charge is 0.230 e. The smallest absolute Gasteiger partial charge is 0.211 e. The van der Waals surface area contributed by atoms with Crippen molar-refractivity contribution in [1.29, 1.82) is 5.26 Å². The molecule has 5 heteroatoms. The standard InChI is InChI=1S/C18H36N2O2S/c1-4-7-9-11-13-15-20(16-14-12-10-8-5-2)23(21,22)18(6-3)17-19/h18H,4-16H2,1-3H3. The molecule has 136 valence electrons. The van der Waals surface area contributed by atoms with Crippen molar-refractivity contribution >= 4 is 10.0 Å². The molecule has 0 aromatic carbocycles. The lowest BCUT2D eigenvalue weighted by molar-refractivity contribution is 0.381. The molecule has 1 atom stereocenters. The number of sulfonamides is 1. The van der Waals surface area contributed by atoms with Gasteiger partial charge in [0.2, 0.25) is 10.0 Å². The summed E-state index contributed by atoms with van der Waals surface area (Å²) in [6.45, 7) is 7.25. The fourth-order valence-corrected chi connectivity index (χ4v) is 4.38. The van der Waals surface area contributed by atoms with Crippen molar-refractivity contribution in [2.24, 2.45) is 0 Å². The van der Waals surface area contributed by atoms with Gasteiger partial charge in [-0.1, -0.05) is 72.1 Å². The summed E-state index contributed by atoms with van der Waals surface area (Å²) in [7, 11) is -3.48. The molecule has 0 aromatic heterocycles. The second kappa shape index (κ2) is 13.8. The van der Waals surface area contributed by atoms with E-state index in [1.54, 1.807) is 11.2 Å². The van der Waals surface area contributed by atoms with Gasteiger partial charge in [0.05, 0.1) is 6.07 Å². The van der Waals surface area contributed by atoms with Gasteiger partial charge in [0.1, 0.15) is 0 Å². The molecule has 0 N–H and O–H groups in total. The van der Waals surface area contributed by atoms with Gasteiger partial charge in [0, 0.05) is 13.1 Å². The van der Waals surface area contributed by atoms with Crippen LogP contribution in [0.15, 0.2) is 0 Å². The van der Waals surface area contributed by atoms with E-state index < -0.39 is 15.3 Å². The number of hydrogen-bond acceptors (Lipinski definition) is 3. The predicted octanol–water partition coefficient (Wildman–Crippen LogP) is 4.86. The van der Waals surface area contributed by atoms with E-state index in [1.165, 1.54) is 25.7 Å². The van der Waals surface area contributed by atoms with Crippen molar-refractivity contribution in [1.82, 2.24) is 4.31 Å². The van der Waals surface area contributed by atoms with Gasteiger partial charge in [-0.25, -0.2) is 12.7 Å². The van der Waals surface area contributed by atoms with Crippen molar-refractivity contribution in [3.63, 3.8) is 0 Å². The summed E-state index contributed by atoms with van der Waals surface area (Å²) in [5.74, 6) is 0. The van der Waals surface area contributed by atoms with Crippen LogP contribution in [0.1, 0.15) is 91.4 Å². The normalized spacial score (nSPS) is 13.2. The van der Waals surface area contributed by atoms with E-state index in [4.69, 9.17) is 5.26 Å². The van der Waals surface area contributed by atoms with E-state index in [0.717, 1.165) is 38.5 Å². The molecule has 0 radical (unpaired) electrons. The first kappa shape index (κ1) is 22.4. The molecule has 0 aliphatic rings. The maximum absolute atomic E-state index is 12.6. The molecule has 4 nitrogen and oxygen atoms in total. The summed E-state index contributed by atoms with van der Waals surface area (Å²) in [6, 6.07) is 1.96. The summed E-state index contributed by atoms with van der Waals surface area (Å²) in [5, 5.41) is 8.24. The Morgan fingerprint density at radius 3 is 1.61 bits per heavy atom. The van der Waals surface area contributed by atoms with Crippen molar-refractivity contribution in [2.45, 2.75) is 96.7 Å². The highest BCUT2D eigenvalue weighted by Gasteiger charge is 2.30. The molecule has 0 bridgehead atoms. The predicted molar refractivity (Wildman–Crippen MR) is 97.7 cm³/mol. The number of nitrogens with zero attached hydrogens (tertiary/aromatic N) is 2. The maximum atomic E-state index is 12.6. The highest BCUT2D eigenvalue weighted by Crippen LogP contribution is 2.16. The van der Waals surface area contributed by atoms with Gasteiger partial charge in [-0.2, -0.15) is 5.26 Å². The van der Waals surface area contributed by atoms with Crippen LogP contribution in [0, 0.1) is 11.3 Å². The molecule has 0 spiro atoms. The molecule has 0 heterocycles. The summed E-state index contributed by atoms with van der Waals surface area (Å²) in [6.07, 6.45) is 11.4. The quantitative estimate of drug-likeness (QED) is 0.398. The summed E-state index contributed by atoms with van der Waals surface area (Å²) < 4.78 is 26.9. The Morgan fingerprint density at radius 2 is 1.26 bits per heavy atom. The molecule has 0 rings (SSSR count). The van der Waals surface area contributed by atoms with E-state index in [0.29, 0.717) is 19.5 Å². The fourth-order valence-electron chi connectivity index (χ4n) is 2.70. The number of hydrogen-bond donors (Lipinski definition) is 0. The summed E-state index contributed by atoms with van der Waals surface area (Å²) in [5.41, 5.74) is 0. The average Bonchev–Trinajstić information content (AvgIpc) is 2.53. The van der Waals surface area contributed by atoms with Crippen LogP contribution in [-0.2, 0) is 10.0 Å². The lowest BCUT2D eigenvalue weighted by atomic mass is 10.1. The molecule has 0 fully saturated rings. The number of unbranched alkanes of at least 4 members (excludes halogenated alkanes) is 8. The van der Waals surface area contributed by atoms with Gasteiger partial charge in [0.15, 0.2) is 5.25 Å².